The number of aliphatic hydroxyl groups is 1. The molecule has 0 fully saturated rings. The van der Waals surface area contributed by atoms with Crippen LogP contribution < -0.4 is 4.74 Å². The molecule has 0 radical (unpaired) electrons. The second kappa shape index (κ2) is 18.8. The molecule has 2 aromatic carbocycles. The van der Waals surface area contributed by atoms with Gasteiger partial charge in [-0.05, 0) is 29.7 Å². The van der Waals surface area contributed by atoms with Crippen LogP contribution in [0.1, 0.15) is 95.1 Å². The van der Waals surface area contributed by atoms with Crippen LogP contribution in [0.3, 0.4) is 0 Å². The molecule has 0 spiro atoms. The van der Waals surface area contributed by atoms with Gasteiger partial charge in [-0.1, -0.05) is 107 Å². The summed E-state index contributed by atoms with van der Waals surface area (Å²) in [5.74, 6) is 0.428. The van der Waals surface area contributed by atoms with Crippen molar-refractivity contribution in [3.8, 4) is 5.75 Å². The number of carbonyl (C=O) groups is 1. The number of carbonyl (C=O) groups excluding carboxylic acids is 1. The zero-order chi connectivity index (χ0) is 25.8. The molecular formula is C31H46O5. The predicted molar refractivity (Wildman–Crippen MR) is 145 cm³/mol. The zero-order valence-electron chi connectivity index (χ0n) is 22.3. The second-order valence-corrected chi connectivity index (χ2v) is 9.64. The maximum Gasteiger partial charge on any atom is 0.308 e. The molecule has 0 aliphatic carbocycles. The molecule has 0 saturated carbocycles. The van der Waals surface area contributed by atoms with Crippen molar-refractivity contribution < 1.29 is 24.1 Å². The van der Waals surface area contributed by atoms with Gasteiger partial charge in [0.1, 0.15) is 12.4 Å². The van der Waals surface area contributed by atoms with Gasteiger partial charge in [0.25, 0.3) is 0 Å². The molecule has 2 atom stereocenters. The average Bonchev–Trinajstić information content (AvgIpc) is 2.90. The van der Waals surface area contributed by atoms with E-state index in [1.165, 1.54) is 51.4 Å². The number of hydrogen-bond acceptors (Lipinski definition) is 5. The minimum absolute atomic E-state index is 0.0208. The molecule has 0 unspecified atom stereocenters. The number of unbranched alkanes of at least 4 members (excludes halogenated alkanes) is 8. The van der Waals surface area contributed by atoms with Crippen molar-refractivity contribution in [1.82, 2.24) is 0 Å². The molecule has 0 aliphatic heterocycles. The maximum absolute atomic E-state index is 12.2. The molecule has 0 amide bonds. The third kappa shape index (κ3) is 13.6. The summed E-state index contributed by atoms with van der Waals surface area (Å²) in [4.78, 5) is 12.2. The molecule has 36 heavy (non-hydrogen) atoms. The smallest absolute Gasteiger partial charge is 0.308 e. The molecule has 0 saturated heterocycles. The van der Waals surface area contributed by atoms with E-state index in [1.807, 2.05) is 54.6 Å². The Morgan fingerprint density at radius 1 is 0.806 bits per heavy atom. The first-order valence-corrected chi connectivity index (χ1v) is 13.7. The van der Waals surface area contributed by atoms with E-state index >= 15 is 0 Å². The Bertz CT molecular complexity index is 805. The van der Waals surface area contributed by atoms with Gasteiger partial charge in [0.15, 0.2) is 0 Å². The number of hydrogen-bond donors (Lipinski definition) is 1. The fourth-order valence-corrected chi connectivity index (χ4v) is 4.26. The Morgan fingerprint density at radius 3 is 2.06 bits per heavy atom. The quantitative estimate of drug-likeness (QED) is 0.152. The highest BCUT2D eigenvalue weighted by molar-refractivity contribution is 5.69. The molecule has 0 bridgehead atoms. The van der Waals surface area contributed by atoms with E-state index in [9.17, 15) is 9.90 Å². The third-order valence-electron chi connectivity index (χ3n) is 6.45. The maximum atomic E-state index is 12.2. The number of rotatable bonds is 20. The van der Waals surface area contributed by atoms with Crippen LogP contribution in [-0.4, -0.2) is 30.4 Å². The van der Waals surface area contributed by atoms with E-state index in [-0.39, 0.29) is 25.1 Å². The van der Waals surface area contributed by atoms with Crippen LogP contribution in [0.4, 0.5) is 0 Å². The van der Waals surface area contributed by atoms with Crippen LogP contribution in [0.2, 0.25) is 0 Å². The van der Waals surface area contributed by atoms with Gasteiger partial charge in [0.05, 0.1) is 32.3 Å². The highest BCUT2D eigenvalue weighted by Crippen LogP contribution is 2.19. The van der Waals surface area contributed by atoms with Crippen molar-refractivity contribution in [3.63, 3.8) is 0 Å². The summed E-state index contributed by atoms with van der Waals surface area (Å²) in [6, 6.07) is 17.4. The van der Waals surface area contributed by atoms with Gasteiger partial charge in [-0.2, -0.15) is 0 Å². The fraction of sp³-hybridized carbons (Fsp3) is 0.581. The van der Waals surface area contributed by atoms with Gasteiger partial charge in [-0.25, -0.2) is 0 Å². The minimum Gasteiger partial charge on any atom is -0.497 e. The van der Waals surface area contributed by atoms with Gasteiger partial charge in [0, 0.05) is 6.42 Å². The van der Waals surface area contributed by atoms with Gasteiger partial charge in [-0.15, -0.1) is 0 Å². The zero-order valence-corrected chi connectivity index (χ0v) is 22.3. The van der Waals surface area contributed by atoms with Crippen molar-refractivity contribution in [1.29, 1.82) is 0 Å². The topological polar surface area (TPSA) is 65.0 Å². The number of aliphatic hydroxyl groups excluding tert-OH is 1. The highest BCUT2D eigenvalue weighted by Gasteiger charge is 2.19. The molecule has 5 heteroatoms. The molecular weight excluding hydrogens is 452 g/mol. The standard InChI is InChI=1S/C31H46O5/c1-3-4-5-6-7-8-9-10-14-17-30(35-24-27-18-20-29(34-2)21-19-27)22-28(32)23-31(33)36-25-26-15-12-11-13-16-26/h11-13,15-16,18-21,28,30,32H,3-10,14,17,22-25H2,1-2H3/t28-,30+/m0/s1. The normalized spacial score (nSPS) is 12.8. The van der Waals surface area contributed by atoms with Crippen molar-refractivity contribution in [2.75, 3.05) is 7.11 Å². The average molecular weight is 499 g/mol. The van der Waals surface area contributed by atoms with Crippen molar-refractivity contribution in [2.24, 2.45) is 0 Å². The van der Waals surface area contributed by atoms with E-state index in [0.717, 1.165) is 29.7 Å². The van der Waals surface area contributed by atoms with Crippen molar-refractivity contribution in [3.05, 3.63) is 65.7 Å². The highest BCUT2D eigenvalue weighted by atomic mass is 16.5. The first-order valence-electron chi connectivity index (χ1n) is 13.7. The van der Waals surface area contributed by atoms with E-state index in [0.29, 0.717) is 13.0 Å². The summed E-state index contributed by atoms with van der Waals surface area (Å²) in [5, 5.41) is 10.6. The molecule has 2 rings (SSSR count). The van der Waals surface area contributed by atoms with Crippen LogP contribution in [0.25, 0.3) is 0 Å². The van der Waals surface area contributed by atoms with Crippen LogP contribution in [0.15, 0.2) is 54.6 Å². The molecule has 2 aromatic rings. The number of benzene rings is 2. The van der Waals surface area contributed by atoms with Gasteiger partial charge < -0.3 is 19.3 Å². The first kappa shape index (κ1) is 29.9. The molecule has 1 N–H and O–H groups in total. The van der Waals surface area contributed by atoms with Crippen LogP contribution in [0, 0.1) is 0 Å². The predicted octanol–water partition coefficient (Wildman–Crippen LogP) is 7.39. The van der Waals surface area contributed by atoms with Crippen LogP contribution in [-0.2, 0) is 27.5 Å². The number of esters is 1. The summed E-state index contributed by atoms with van der Waals surface area (Å²) in [6.45, 7) is 2.94. The Labute approximate surface area is 218 Å². The Kier molecular flexibility index (Phi) is 15.6. The second-order valence-electron chi connectivity index (χ2n) is 9.64. The summed E-state index contributed by atoms with van der Waals surface area (Å²) in [7, 11) is 1.65. The van der Waals surface area contributed by atoms with Crippen LogP contribution in [0.5, 0.6) is 5.75 Å². The fourth-order valence-electron chi connectivity index (χ4n) is 4.26. The lowest BCUT2D eigenvalue weighted by Crippen LogP contribution is -2.24. The van der Waals surface area contributed by atoms with Crippen molar-refractivity contribution >= 4 is 5.97 Å². The number of methoxy groups -OCH3 is 1. The molecule has 0 heterocycles. The van der Waals surface area contributed by atoms with Crippen molar-refractivity contribution in [2.45, 2.75) is 109 Å². The molecule has 0 aliphatic rings. The Hall–Kier alpha value is -2.37. The SMILES string of the molecule is CCCCCCCCCCC[C@H](C[C@H](O)CC(=O)OCc1ccccc1)OCc1ccc(OC)cc1. The van der Waals surface area contributed by atoms with Crippen LogP contribution >= 0.6 is 0 Å². The largest absolute Gasteiger partial charge is 0.497 e. The van der Waals surface area contributed by atoms with E-state index in [1.54, 1.807) is 7.11 Å². The van der Waals surface area contributed by atoms with Gasteiger partial charge >= 0.3 is 5.97 Å². The number of ether oxygens (including phenoxy) is 3. The summed E-state index contributed by atoms with van der Waals surface area (Å²) < 4.78 is 16.8. The van der Waals surface area contributed by atoms with Gasteiger partial charge in [0.2, 0.25) is 0 Å². The Morgan fingerprint density at radius 2 is 1.42 bits per heavy atom. The van der Waals surface area contributed by atoms with E-state index in [4.69, 9.17) is 14.2 Å². The lowest BCUT2D eigenvalue weighted by Gasteiger charge is -2.21. The Balaban J connectivity index is 1.75. The van der Waals surface area contributed by atoms with E-state index < -0.39 is 6.10 Å². The summed E-state index contributed by atoms with van der Waals surface area (Å²) >= 11 is 0. The molecule has 5 nitrogen and oxygen atoms in total. The first-order chi connectivity index (χ1) is 17.6. The summed E-state index contributed by atoms with van der Waals surface area (Å²) in [6.07, 6.45) is 11.8. The monoisotopic (exact) mass is 498 g/mol. The van der Waals surface area contributed by atoms with E-state index in [2.05, 4.69) is 6.92 Å². The minimum atomic E-state index is -0.785. The lowest BCUT2D eigenvalue weighted by molar-refractivity contribution is -0.147. The molecule has 200 valence electrons. The lowest BCUT2D eigenvalue weighted by atomic mass is 10.0. The third-order valence-corrected chi connectivity index (χ3v) is 6.45. The van der Waals surface area contributed by atoms with Gasteiger partial charge in [-0.3, -0.25) is 4.79 Å². The summed E-state index contributed by atoms with van der Waals surface area (Å²) in [5.41, 5.74) is 2.00. The molecule has 0 aromatic heterocycles.